The summed E-state index contributed by atoms with van der Waals surface area (Å²) >= 11 is 1.44. The predicted molar refractivity (Wildman–Crippen MR) is 94.5 cm³/mol. The van der Waals surface area contributed by atoms with E-state index in [9.17, 15) is 9.59 Å². The summed E-state index contributed by atoms with van der Waals surface area (Å²) in [5.74, 6) is -0.412. The van der Waals surface area contributed by atoms with Crippen molar-refractivity contribution in [1.82, 2.24) is 0 Å². The van der Waals surface area contributed by atoms with Gasteiger partial charge >= 0.3 is 5.97 Å². The van der Waals surface area contributed by atoms with Gasteiger partial charge < -0.3 is 15.0 Å². The lowest BCUT2D eigenvalue weighted by Gasteiger charge is -2.17. The Labute approximate surface area is 143 Å². The molecule has 0 unspecified atom stereocenters. The van der Waals surface area contributed by atoms with Gasteiger partial charge in [-0.05, 0) is 39.2 Å². The molecule has 0 aliphatic heterocycles. The number of anilines is 1. The molecule has 0 fully saturated rings. The maximum absolute atomic E-state index is 12.3. The summed E-state index contributed by atoms with van der Waals surface area (Å²) in [6.45, 7) is 12.6. The van der Waals surface area contributed by atoms with Crippen molar-refractivity contribution >= 4 is 28.2 Å². The molecule has 0 aliphatic carbocycles. The first-order valence-corrected chi connectivity index (χ1v) is 9.16. The van der Waals surface area contributed by atoms with Crippen LogP contribution in [0.25, 0.3) is 0 Å². The highest BCUT2D eigenvalue weighted by Gasteiger charge is 2.23. The maximum atomic E-state index is 12.3. The molecule has 0 radical (unpaired) electrons. The molecule has 1 amide bonds. The van der Waals surface area contributed by atoms with Crippen LogP contribution in [0.2, 0.25) is 0 Å². The number of esters is 1. The summed E-state index contributed by atoms with van der Waals surface area (Å²) < 4.78 is 5.11. The first-order chi connectivity index (χ1) is 10.9. The summed E-state index contributed by atoms with van der Waals surface area (Å²) in [5.41, 5.74) is 1.38. The zero-order valence-electron chi connectivity index (χ0n) is 14.9. The number of nitrogens with one attached hydrogen (secondary N) is 2. The minimum Gasteiger partial charge on any atom is -0.462 e. The molecule has 0 bridgehead atoms. The van der Waals surface area contributed by atoms with Gasteiger partial charge in [-0.2, -0.15) is 0 Å². The van der Waals surface area contributed by atoms with E-state index in [1.165, 1.54) is 16.2 Å². The smallest absolute Gasteiger partial charge is 0.341 e. The van der Waals surface area contributed by atoms with Crippen LogP contribution >= 0.6 is 11.3 Å². The predicted octanol–water partition coefficient (Wildman–Crippen LogP) is 2.19. The molecule has 0 saturated heterocycles. The fourth-order valence-corrected chi connectivity index (χ4v) is 3.64. The molecule has 1 aromatic heterocycles. The Hall–Kier alpha value is -1.40. The summed E-state index contributed by atoms with van der Waals surface area (Å²) in [6.07, 6.45) is 2.10. The average Bonchev–Trinajstić information content (AvgIpc) is 2.74. The molecule has 6 heteroatoms. The zero-order valence-corrected chi connectivity index (χ0v) is 15.7. The fourth-order valence-electron chi connectivity index (χ4n) is 2.57. The van der Waals surface area contributed by atoms with Gasteiger partial charge in [0.2, 0.25) is 0 Å². The molecule has 1 rings (SSSR count). The lowest BCUT2D eigenvalue weighted by atomic mass is 10.1. The topological polar surface area (TPSA) is 59.8 Å². The molecule has 130 valence electrons. The number of quaternary nitrogens is 1. The molecule has 5 nitrogen and oxygen atoms in total. The number of hydrogen-bond donors (Lipinski definition) is 2. The Morgan fingerprint density at radius 1 is 1.13 bits per heavy atom. The molecular weight excluding hydrogens is 312 g/mol. The Morgan fingerprint density at radius 2 is 1.74 bits per heavy atom. The van der Waals surface area contributed by atoms with Gasteiger partial charge in [-0.1, -0.05) is 13.8 Å². The maximum Gasteiger partial charge on any atom is 0.341 e. The minimum atomic E-state index is -0.365. The van der Waals surface area contributed by atoms with Gasteiger partial charge in [0.05, 0.1) is 25.3 Å². The molecule has 0 saturated carbocycles. The first-order valence-electron chi connectivity index (χ1n) is 8.34. The lowest BCUT2D eigenvalue weighted by molar-refractivity contribution is -0.891. The fraction of sp³-hybridized carbons (Fsp3) is 0.647. The normalized spacial score (nSPS) is 10.9. The van der Waals surface area contributed by atoms with Crippen molar-refractivity contribution in [2.75, 3.05) is 31.6 Å². The van der Waals surface area contributed by atoms with E-state index in [0.29, 0.717) is 23.7 Å². The molecule has 0 atom stereocenters. The SMILES string of the molecule is CCC[NH+](CCC)CC(=O)Nc1sc(C)c(C)c1C(=O)OCC. The summed E-state index contributed by atoms with van der Waals surface area (Å²) in [7, 11) is 0. The molecule has 1 heterocycles. The molecule has 0 aliphatic rings. The van der Waals surface area contributed by atoms with Crippen molar-refractivity contribution in [2.24, 2.45) is 0 Å². The van der Waals surface area contributed by atoms with E-state index in [1.807, 2.05) is 13.8 Å². The van der Waals surface area contributed by atoms with Gasteiger partial charge in [-0.25, -0.2) is 4.79 Å². The van der Waals surface area contributed by atoms with Crippen LogP contribution in [0.3, 0.4) is 0 Å². The largest absolute Gasteiger partial charge is 0.462 e. The molecule has 23 heavy (non-hydrogen) atoms. The number of amides is 1. The van der Waals surface area contributed by atoms with Crippen LogP contribution in [0.4, 0.5) is 5.00 Å². The van der Waals surface area contributed by atoms with Crippen LogP contribution in [0, 0.1) is 13.8 Å². The van der Waals surface area contributed by atoms with E-state index >= 15 is 0 Å². The summed E-state index contributed by atoms with van der Waals surface area (Å²) in [6, 6.07) is 0. The first kappa shape index (κ1) is 19.6. The standard InChI is InChI=1S/C17H28N2O3S/c1-6-9-19(10-7-2)11-14(20)18-16-15(17(21)22-8-3)12(4)13(5)23-16/h6-11H2,1-5H3,(H,18,20)/p+1. The zero-order chi connectivity index (χ0) is 17.4. The summed E-state index contributed by atoms with van der Waals surface area (Å²) in [4.78, 5) is 26.8. The van der Waals surface area contributed by atoms with Crippen LogP contribution in [0.15, 0.2) is 0 Å². The number of ether oxygens (including phenoxy) is 1. The van der Waals surface area contributed by atoms with E-state index < -0.39 is 0 Å². The van der Waals surface area contributed by atoms with Crippen molar-refractivity contribution in [1.29, 1.82) is 0 Å². The van der Waals surface area contributed by atoms with Gasteiger partial charge in [-0.15, -0.1) is 11.3 Å². The van der Waals surface area contributed by atoms with Crippen LogP contribution in [0.5, 0.6) is 0 Å². The van der Waals surface area contributed by atoms with Crippen LogP contribution in [0.1, 0.15) is 54.4 Å². The van der Waals surface area contributed by atoms with Gasteiger partial charge in [0.1, 0.15) is 5.00 Å². The molecule has 2 N–H and O–H groups in total. The third kappa shape index (κ3) is 5.62. The van der Waals surface area contributed by atoms with E-state index in [2.05, 4.69) is 19.2 Å². The number of hydrogen-bond acceptors (Lipinski definition) is 4. The molecule has 0 aromatic carbocycles. The van der Waals surface area contributed by atoms with Crippen molar-refractivity contribution < 1.29 is 19.2 Å². The van der Waals surface area contributed by atoms with Crippen LogP contribution in [-0.2, 0) is 9.53 Å². The number of thiophene rings is 1. The highest BCUT2D eigenvalue weighted by atomic mass is 32.1. The second-order valence-corrected chi connectivity index (χ2v) is 6.91. The van der Waals surface area contributed by atoms with E-state index in [1.54, 1.807) is 6.92 Å². The van der Waals surface area contributed by atoms with E-state index in [0.717, 1.165) is 36.4 Å². The minimum absolute atomic E-state index is 0.0475. The Bertz CT molecular complexity index is 534. The molecule has 1 aromatic rings. The third-order valence-corrected chi connectivity index (χ3v) is 4.86. The van der Waals surface area contributed by atoms with Gasteiger partial charge in [-0.3, -0.25) is 4.79 Å². The van der Waals surface area contributed by atoms with E-state index in [-0.39, 0.29) is 11.9 Å². The van der Waals surface area contributed by atoms with Crippen molar-refractivity contribution in [2.45, 2.75) is 47.5 Å². The second kappa shape index (κ2) is 9.67. The highest BCUT2D eigenvalue weighted by molar-refractivity contribution is 7.16. The van der Waals surface area contributed by atoms with Crippen LogP contribution < -0.4 is 10.2 Å². The van der Waals surface area contributed by atoms with Crippen molar-refractivity contribution in [3.63, 3.8) is 0 Å². The molecular formula is C17H29N2O3S+. The Kier molecular flexibility index (Phi) is 8.26. The number of carbonyl (C=O) groups excluding carboxylic acids is 2. The van der Waals surface area contributed by atoms with Crippen molar-refractivity contribution in [3.05, 3.63) is 16.0 Å². The highest BCUT2D eigenvalue weighted by Crippen LogP contribution is 2.32. The number of rotatable bonds is 9. The van der Waals surface area contributed by atoms with E-state index in [4.69, 9.17) is 4.74 Å². The van der Waals surface area contributed by atoms with Crippen molar-refractivity contribution in [3.8, 4) is 0 Å². The number of aryl methyl sites for hydroxylation is 1. The second-order valence-electron chi connectivity index (χ2n) is 5.68. The van der Waals surface area contributed by atoms with Gasteiger partial charge in [0.25, 0.3) is 5.91 Å². The quantitative estimate of drug-likeness (QED) is 0.677. The monoisotopic (exact) mass is 341 g/mol. The molecule has 0 spiro atoms. The lowest BCUT2D eigenvalue weighted by Crippen LogP contribution is -3.13. The summed E-state index contributed by atoms with van der Waals surface area (Å²) in [5, 5.41) is 3.52. The van der Waals surface area contributed by atoms with Gasteiger partial charge in [0.15, 0.2) is 6.54 Å². The van der Waals surface area contributed by atoms with Crippen LogP contribution in [-0.4, -0.2) is 38.1 Å². The Balaban J connectivity index is 2.85. The van der Waals surface area contributed by atoms with Gasteiger partial charge in [0, 0.05) is 4.88 Å². The average molecular weight is 341 g/mol. The Morgan fingerprint density at radius 3 is 2.26 bits per heavy atom. The number of carbonyl (C=O) groups is 2. The third-order valence-electron chi connectivity index (χ3n) is 3.74.